The predicted octanol–water partition coefficient (Wildman–Crippen LogP) is 4.37. The van der Waals surface area contributed by atoms with E-state index in [9.17, 15) is 9.18 Å². The number of anilines is 3. The standard InChI is InChI=1S/C19H12ClFN4O2/c20-14-5-2-6-15(21)16(14)13-7-10-9-23-19(25-17(10)27-18(13)26)24-12-4-1-3-11(22)8-12/h1-9H,22H2,(H,23,24,25). The minimum atomic E-state index is -0.747. The third kappa shape index (κ3) is 3.32. The van der Waals surface area contributed by atoms with Gasteiger partial charge < -0.3 is 15.5 Å². The van der Waals surface area contributed by atoms with E-state index in [1.54, 1.807) is 24.3 Å². The number of hydrogen-bond acceptors (Lipinski definition) is 6. The Morgan fingerprint density at radius 1 is 1.15 bits per heavy atom. The molecule has 0 spiro atoms. The van der Waals surface area contributed by atoms with Gasteiger partial charge in [-0.15, -0.1) is 0 Å². The first-order valence-electron chi connectivity index (χ1n) is 7.89. The van der Waals surface area contributed by atoms with Crippen LogP contribution in [0.3, 0.4) is 0 Å². The van der Waals surface area contributed by atoms with Crippen LogP contribution in [0.5, 0.6) is 0 Å². The molecule has 0 saturated heterocycles. The number of nitrogen functional groups attached to an aromatic ring is 1. The van der Waals surface area contributed by atoms with Gasteiger partial charge in [0.05, 0.1) is 16.0 Å². The molecule has 0 aliphatic carbocycles. The van der Waals surface area contributed by atoms with Crippen molar-refractivity contribution in [3.05, 3.63) is 76.0 Å². The van der Waals surface area contributed by atoms with E-state index in [1.165, 1.54) is 30.5 Å². The molecule has 0 radical (unpaired) electrons. The molecule has 4 rings (SSSR count). The lowest BCUT2D eigenvalue weighted by Gasteiger charge is -2.07. The highest BCUT2D eigenvalue weighted by Gasteiger charge is 2.16. The maximum Gasteiger partial charge on any atom is 0.345 e. The molecule has 0 unspecified atom stereocenters. The molecule has 3 N–H and O–H groups in total. The van der Waals surface area contributed by atoms with Crippen LogP contribution in [-0.2, 0) is 0 Å². The van der Waals surface area contributed by atoms with Gasteiger partial charge in [-0.25, -0.2) is 14.2 Å². The Balaban J connectivity index is 1.77. The van der Waals surface area contributed by atoms with Crippen LogP contribution in [0, 0.1) is 5.82 Å². The summed E-state index contributed by atoms with van der Waals surface area (Å²) in [7, 11) is 0. The van der Waals surface area contributed by atoms with Crippen molar-refractivity contribution in [2.24, 2.45) is 0 Å². The lowest BCUT2D eigenvalue weighted by molar-refractivity contribution is 0.550. The van der Waals surface area contributed by atoms with Gasteiger partial charge in [-0.3, -0.25) is 0 Å². The summed E-state index contributed by atoms with van der Waals surface area (Å²) >= 11 is 6.04. The molecule has 0 atom stereocenters. The first kappa shape index (κ1) is 17.0. The van der Waals surface area contributed by atoms with Crippen LogP contribution in [0.15, 0.2) is 63.9 Å². The van der Waals surface area contributed by atoms with E-state index in [0.29, 0.717) is 16.8 Å². The van der Waals surface area contributed by atoms with Gasteiger partial charge >= 0.3 is 5.63 Å². The molecule has 4 aromatic rings. The van der Waals surface area contributed by atoms with Gasteiger partial charge in [0.25, 0.3) is 0 Å². The van der Waals surface area contributed by atoms with Crippen LogP contribution in [0.25, 0.3) is 22.2 Å². The second-order valence-corrected chi connectivity index (χ2v) is 6.16. The van der Waals surface area contributed by atoms with E-state index in [-0.39, 0.29) is 27.8 Å². The number of benzene rings is 2. The van der Waals surface area contributed by atoms with Crippen molar-refractivity contribution in [3.63, 3.8) is 0 Å². The fourth-order valence-corrected chi connectivity index (χ4v) is 2.91. The molecular formula is C19H12ClFN4O2. The fourth-order valence-electron chi connectivity index (χ4n) is 2.65. The predicted molar refractivity (Wildman–Crippen MR) is 103 cm³/mol. The summed E-state index contributed by atoms with van der Waals surface area (Å²) in [4.78, 5) is 20.7. The summed E-state index contributed by atoms with van der Waals surface area (Å²) in [6.45, 7) is 0. The molecular weight excluding hydrogens is 371 g/mol. The van der Waals surface area contributed by atoms with Gasteiger partial charge in [0.2, 0.25) is 11.7 Å². The topological polar surface area (TPSA) is 94.0 Å². The van der Waals surface area contributed by atoms with E-state index in [2.05, 4.69) is 15.3 Å². The number of halogens is 2. The van der Waals surface area contributed by atoms with E-state index >= 15 is 0 Å². The van der Waals surface area contributed by atoms with Crippen molar-refractivity contribution in [1.29, 1.82) is 0 Å². The van der Waals surface area contributed by atoms with Crippen LogP contribution in [0.2, 0.25) is 5.02 Å². The molecule has 0 fully saturated rings. The highest BCUT2D eigenvalue weighted by Crippen LogP contribution is 2.30. The Morgan fingerprint density at radius 3 is 2.74 bits per heavy atom. The number of nitrogens with one attached hydrogen (secondary N) is 1. The Labute approximate surface area is 157 Å². The zero-order valence-electron chi connectivity index (χ0n) is 13.7. The Kier molecular flexibility index (Phi) is 4.21. The number of hydrogen-bond donors (Lipinski definition) is 2. The molecule has 134 valence electrons. The zero-order chi connectivity index (χ0) is 19.0. The van der Waals surface area contributed by atoms with Crippen molar-refractivity contribution in [2.75, 3.05) is 11.1 Å². The molecule has 8 heteroatoms. The van der Waals surface area contributed by atoms with Gasteiger partial charge in [0.1, 0.15) is 5.82 Å². The fraction of sp³-hybridized carbons (Fsp3) is 0. The van der Waals surface area contributed by atoms with Crippen molar-refractivity contribution >= 4 is 40.0 Å². The second-order valence-electron chi connectivity index (χ2n) is 5.75. The van der Waals surface area contributed by atoms with Crippen LogP contribution >= 0.6 is 11.6 Å². The molecule has 0 saturated carbocycles. The van der Waals surface area contributed by atoms with E-state index in [4.69, 9.17) is 21.8 Å². The van der Waals surface area contributed by atoms with Gasteiger partial charge in [-0.2, -0.15) is 4.98 Å². The monoisotopic (exact) mass is 382 g/mol. The Morgan fingerprint density at radius 2 is 1.96 bits per heavy atom. The number of aromatic nitrogens is 2. The molecule has 2 aromatic carbocycles. The first-order chi connectivity index (χ1) is 13.0. The largest absolute Gasteiger partial charge is 0.403 e. The third-order valence-corrected chi connectivity index (χ3v) is 4.18. The van der Waals surface area contributed by atoms with Crippen molar-refractivity contribution < 1.29 is 8.81 Å². The van der Waals surface area contributed by atoms with Crippen molar-refractivity contribution in [1.82, 2.24) is 9.97 Å². The summed E-state index contributed by atoms with van der Waals surface area (Å²) in [6.07, 6.45) is 1.47. The van der Waals surface area contributed by atoms with E-state index in [0.717, 1.165) is 0 Å². The number of fused-ring (bicyclic) bond motifs is 1. The first-order valence-corrected chi connectivity index (χ1v) is 8.27. The van der Waals surface area contributed by atoms with Crippen LogP contribution in [-0.4, -0.2) is 9.97 Å². The molecule has 0 aliphatic rings. The average Bonchev–Trinajstić information content (AvgIpc) is 2.62. The molecule has 0 amide bonds. The van der Waals surface area contributed by atoms with Crippen LogP contribution in [0.4, 0.5) is 21.7 Å². The van der Waals surface area contributed by atoms with Gasteiger partial charge in [0, 0.05) is 23.1 Å². The maximum absolute atomic E-state index is 14.1. The molecule has 0 bridgehead atoms. The summed E-state index contributed by atoms with van der Waals surface area (Å²) in [5.74, 6) is -0.386. The Bertz CT molecular complexity index is 1210. The number of rotatable bonds is 3. The van der Waals surface area contributed by atoms with Crippen LogP contribution in [0.1, 0.15) is 0 Å². The SMILES string of the molecule is Nc1cccc(Nc2ncc3cc(-c4c(F)cccc4Cl)c(=O)oc3n2)c1. The molecule has 6 nitrogen and oxygen atoms in total. The summed E-state index contributed by atoms with van der Waals surface area (Å²) in [6, 6.07) is 12.7. The smallest absolute Gasteiger partial charge is 0.345 e. The number of nitrogens with two attached hydrogens (primary N) is 1. The van der Waals surface area contributed by atoms with Gasteiger partial charge in [0.15, 0.2) is 0 Å². The zero-order valence-corrected chi connectivity index (χ0v) is 14.5. The summed E-state index contributed by atoms with van der Waals surface area (Å²) in [5, 5.41) is 3.52. The minimum absolute atomic E-state index is 0.00532. The van der Waals surface area contributed by atoms with Gasteiger partial charge in [-0.05, 0) is 36.4 Å². The average molecular weight is 383 g/mol. The third-order valence-electron chi connectivity index (χ3n) is 3.86. The molecule has 2 heterocycles. The molecule has 0 aliphatic heterocycles. The van der Waals surface area contributed by atoms with E-state index in [1.807, 2.05) is 0 Å². The van der Waals surface area contributed by atoms with E-state index < -0.39 is 11.4 Å². The quantitative estimate of drug-likeness (QED) is 0.511. The molecule has 27 heavy (non-hydrogen) atoms. The lowest BCUT2D eigenvalue weighted by atomic mass is 10.1. The summed E-state index contributed by atoms with van der Waals surface area (Å²) in [5.41, 5.74) is 6.31. The second kappa shape index (κ2) is 6.69. The molecule has 2 aromatic heterocycles. The van der Waals surface area contributed by atoms with Gasteiger partial charge in [-0.1, -0.05) is 23.7 Å². The lowest BCUT2D eigenvalue weighted by Crippen LogP contribution is -2.06. The highest BCUT2D eigenvalue weighted by molar-refractivity contribution is 6.33. The van der Waals surface area contributed by atoms with Crippen LogP contribution < -0.4 is 16.7 Å². The van der Waals surface area contributed by atoms with Crippen molar-refractivity contribution in [3.8, 4) is 11.1 Å². The normalized spacial score (nSPS) is 10.9. The minimum Gasteiger partial charge on any atom is -0.403 e. The van der Waals surface area contributed by atoms with Crippen molar-refractivity contribution in [2.45, 2.75) is 0 Å². The highest BCUT2D eigenvalue weighted by atomic mass is 35.5. The summed E-state index contributed by atoms with van der Waals surface area (Å²) < 4.78 is 19.4. The number of nitrogens with zero attached hydrogens (tertiary/aromatic N) is 2. The Hall–Kier alpha value is -3.45. The maximum atomic E-state index is 14.1.